The molecule has 0 N–H and O–H groups in total. The fourth-order valence-corrected chi connectivity index (χ4v) is 2.02. The molecule has 0 aliphatic carbocycles. The van der Waals surface area contributed by atoms with Crippen molar-refractivity contribution in [3.8, 4) is 0 Å². The van der Waals surface area contributed by atoms with Crippen LogP contribution in [0.4, 0.5) is 0 Å². The van der Waals surface area contributed by atoms with E-state index in [0.29, 0.717) is 0 Å². The summed E-state index contributed by atoms with van der Waals surface area (Å²) < 4.78 is 0. The average molecular weight is 261 g/mol. The van der Waals surface area contributed by atoms with Crippen LogP contribution >= 0.6 is 23.4 Å². The van der Waals surface area contributed by atoms with E-state index in [-0.39, 0.29) is 0 Å². The van der Waals surface area contributed by atoms with Gasteiger partial charge in [0.2, 0.25) is 0 Å². The van der Waals surface area contributed by atoms with Crippen LogP contribution < -0.4 is 0 Å². The molecule has 2 rings (SSSR count). The van der Waals surface area contributed by atoms with Crippen molar-refractivity contribution in [1.29, 1.82) is 0 Å². The van der Waals surface area contributed by atoms with Gasteiger partial charge in [0.1, 0.15) is 0 Å². The van der Waals surface area contributed by atoms with E-state index >= 15 is 0 Å². The first-order valence-corrected chi connectivity index (χ1v) is 6.96. The maximum Gasteiger partial charge on any atom is 0.0406 e. The molecule has 0 nitrogen and oxygen atoms in total. The molecule has 0 saturated carbocycles. The van der Waals surface area contributed by atoms with Crippen LogP contribution in [0.5, 0.6) is 0 Å². The molecule has 0 aromatic heterocycles. The minimum Gasteiger partial charge on any atom is -0.130 e. The summed E-state index contributed by atoms with van der Waals surface area (Å²) in [6, 6.07) is 16.3. The minimum absolute atomic E-state index is 0.770. The molecule has 2 heteroatoms. The van der Waals surface area contributed by atoms with Crippen LogP contribution in [0, 0.1) is 0 Å². The lowest BCUT2D eigenvalue weighted by molar-refractivity contribution is 1.45. The molecule has 0 amide bonds. The molecule has 0 spiro atoms. The van der Waals surface area contributed by atoms with Crippen LogP contribution in [0.15, 0.2) is 53.4 Å². The summed E-state index contributed by atoms with van der Waals surface area (Å²) in [5, 5.41) is 0.770. The highest BCUT2D eigenvalue weighted by atomic mass is 35.5. The van der Waals surface area contributed by atoms with Crippen LogP contribution in [0.1, 0.15) is 11.1 Å². The molecule has 0 radical (unpaired) electrons. The summed E-state index contributed by atoms with van der Waals surface area (Å²) in [4.78, 5) is 1.29. The van der Waals surface area contributed by atoms with Gasteiger partial charge in [-0.15, -0.1) is 11.8 Å². The van der Waals surface area contributed by atoms with Gasteiger partial charge < -0.3 is 0 Å². The Morgan fingerprint density at radius 2 is 1.29 bits per heavy atom. The number of halogens is 1. The van der Waals surface area contributed by atoms with Gasteiger partial charge in [-0.1, -0.05) is 48.0 Å². The van der Waals surface area contributed by atoms with Crippen LogP contribution in [0.2, 0.25) is 5.02 Å². The molecule has 0 saturated heterocycles. The number of benzene rings is 2. The van der Waals surface area contributed by atoms with Gasteiger partial charge in [-0.05, 0) is 41.6 Å². The van der Waals surface area contributed by atoms with E-state index in [1.54, 1.807) is 11.8 Å². The zero-order chi connectivity index (χ0) is 12.1. The lowest BCUT2D eigenvalue weighted by Crippen LogP contribution is -1.74. The Hall–Kier alpha value is -1.18. The second-order valence-corrected chi connectivity index (χ2v) is 4.97. The van der Waals surface area contributed by atoms with Crippen molar-refractivity contribution in [2.24, 2.45) is 0 Å². The van der Waals surface area contributed by atoms with Crippen molar-refractivity contribution >= 4 is 35.5 Å². The monoisotopic (exact) mass is 260 g/mol. The maximum absolute atomic E-state index is 5.84. The van der Waals surface area contributed by atoms with E-state index in [1.165, 1.54) is 10.5 Å². The molecule has 2 aromatic carbocycles. The zero-order valence-corrected chi connectivity index (χ0v) is 11.1. The van der Waals surface area contributed by atoms with Gasteiger partial charge >= 0.3 is 0 Å². The second-order valence-electron chi connectivity index (χ2n) is 3.66. The van der Waals surface area contributed by atoms with Crippen molar-refractivity contribution in [2.75, 3.05) is 6.26 Å². The Morgan fingerprint density at radius 3 is 1.76 bits per heavy atom. The normalized spacial score (nSPS) is 10.9. The lowest BCUT2D eigenvalue weighted by Gasteiger charge is -1.97. The quantitative estimate of drug-likeness (QED) is 0.538. The molecule has 0 unspecified atom stereocenters. The smallest absolute Gasteiger partial charge is 0.0406 e. The highest BCUT2D eigenvalue weighted by Gasteiger charge is 1.91. The van der Waals surface area contributed by atoms with E-state index in [4.69, 9.17) is 11.6 Å². The molecule has 17 heavy (non-hydrogen) atoms. The van der Waals surface area contributed by atoms with Crippen LogP contribution in [0.25, 0.3) is 12.2 Å². The highest BCUT2D eigenvalue weighted by molar-refractivity contribution is 7.98. The largest absolute Gasteiger partial charge is 0.130 e. The number of hydrogen-bond acceptors (Lipinski definition) is 1. The van der Waals surface area contributed by atoms with Crippen LogP contribution in [0.3, 0.4) is 0 Å². The molecular formula is C15H13ClS. The fraction of sp³-hybridized carbons (Fsp3) is 0.0667. The van der Waals surface area contributed by atoms with Gasteiger partial charge in [0, 0.05) is 9.92 Å². The van der Waals surface area contributed by atoms with Crippen LogP contribution in [-0.2, 0) is 0 Å². The Bertz CT molecular complexity index is 497. The third kappa shape index (κ3) is 3.65. The summed E-state index contributed by atoms with van der Waals surface area (Å²) in [6.07, 6.45) is 6.27. The third-order valence-corrected chi connectivity index (χ3v) is 3.45. The second kappa shape index (κ2) is 5.95. The Labute approximate surface area is 111 Å². The van der Waals surface area contributed by atoms with Crippen molar-refractivity contribution in [3.05, 3.63) is 64.7 Å². The van der Waals surface area contributed by atoms with E-state index in [1.807, 2.05) is 24.3 Å². The molecule has 2 aromatic rings. The molecule has 0 fully saturated rings. The maximum atomic E-state index is 5.84. The lowest BCUT2D eigenvalue weighted by atomic mass is 10.1. The Balaban J connectivity index is 2.11. The standard InChI is InChI=1S/C15H13ClS/c1-17-15-10-6-13(7-11-15)3-2-12-4-8-14(16)9-5-12/h2-11H,1H3. The first kappa shape index (κ1) is 12.3. The molecular weight excluding hydrogens is 248 g/mol. The number of hydrogen-bond donors (Lipinski definition) is 0. The SMILES string of the molecule is CSc1ccc(C=Cc2ccc(Cl)cc2)cc1. The van der Waals surface area contributed by atoms with Crippen molar-refractivity contribution in [1.82, 2.24) is 0 Å². The average Bonchev–Trinajstić information content (AvgIpc) is 2.39. The van der Waals surface area contributed by atoms with Crippen LogP contribution in [-0.4, -0.2) is 6.26 Å². The first-order chi connectivity index (χ1) is 8.28. The fourth-order valence-electron chi connectivity index (χ4n) is 1.48. The third-order valence-electron chi connectivity index (χ3n) is 2.45. The Kier molecular flexibility index (Phi) is 4.29. The Morgan fingerprint density at radius 1 is 0.824 bits per heavy atom. The van der Waals surface area contributed by atoms with Gasteiger partial charge in [-0.3, -0.25) is 0 Å². The van der Waals surface area contributed by atoms with Crippen molar-refractivity contribution < 1.29 is 0 Å². The number of rotatable bonds is 3. The van der Waals surface area contributed by atoms with Gasteiger partial charge in [0.25, 0.3) is 0 Å². The van der Waals surface area contributed by atoms with Gasteiger partial charge in [-0.2, -0.15) is 0 Å². The van der Waals surface area contributed by atoms with E-state index in [0.717, 1.165) is 10.6 Å². The molecule has 86 valence electrons. The zero-order valence-electron chi connectivity index (χ0n) is 9.56. The summed E-state index contributed by atoms with van der Waals surface area (Å²) in [5.41, 5.74) is 2.36. The first-order valence-electron chi connectivity index (χ1n) is 5.35. The topological polar surface area (TPSA) is 0 Å². The molecule has 0 aliphatic heterocycles. The highest BCUT2D eigenvalue weighted by Crippen LogP contribution is 2.17. The van der Waals surface area contributed by atoms with E-state index < -0.39 is 0 Å². The summed E-state index contributed by atoms with van der Waals surface area (Å²) >= 11 is 7.59. The van der Waals surface area contributed by atoms with Crippen molar-refractivity contribution in [2.45, 2.75) is 4.90 Å². The van der Waals surface area contributed by atoms with Gasteiger partial charge in [0.05, 0.1) is 0 Å². The molecule has 0 atom stereocenters. The summed E-state index contributed by atoms with van der Waals surface area (Å²) in [5.74, 6) is 0. The van der Waals surface area contributed by atoms with Gasteiger partial charge in [-0.25, -0.2) is 0 Å². The molecule has 0 bridgehead atoms. The molecule has 0 heterocycles. The summed E-state index contributed by atoms with van der Waals surface area (Å²) in [6.45, 7) is 0. The predicted octanol–water partition coefficient (Wildman–Crippen LogP) is 5.23. The van der Waals surface area contributed by atoms with Crippen molar-refractivity contribution in [3.63, 3.8) is 0 Å². The minimum atomic E-state index is 0.770. The van der Waals surface area contributed by atoms with Gasteiger partial charge in [0.15, 0.2) is 0 Å². The summed E-state index contributed by atoms with van der Waals surface area (Å²) in [7, 11) is 0. The number of thioether (sulfide) groups is 1. The predicted molar refractivity (Wildman–Crippen MR) is 78.6 cm³/mol. The van der Waals surface area contributed by atoms with E-state index in [2.05, 4.69) is 42.7 Å². The molecule has 0 aliphatic rings. The van der Waals surface area contributed by atoms with E-state index in [9.17, 15) is 0 Å².